The molecule has 6 nitrogen and oxygen atoms in total. The standard InChI is InChI=1S/C21H20Cl2N4O2/c1-2-4-15-11-20(28)26-21(25-15)27-24-12-14-7-9-16(10-8-14)29-13-17-18(22)5-3-6-19(17)23/h3,5-12H,2,4,13H2,1H3,(H2,25,26,27,28)/b24-12+. The molecule has 2 aromatic carbocycles. The average molecular weight is 431 g/mol. The zero-order valence-electron chi connectivity index (χ0n) is 15.8. The van der Waals surface area contributed by atoms with E-state index in [2.05, 4.69) is 20.5 Å². The maximum atomic E-state index is 11.6. The van der Waals surface area contributed by atoms with Crippen molar-refractivity contribution in [2.45, 2.75) is 26.4 Å². The third-order valence-electron chi connectivity index (χ3n) is 4.01. The Morgan fingerprint density at radius 2 is 1.90 bits per heavy atom. The first-order valence-corrected chi connectivity index (χ1v) is 9.86. The van der Waals surface area contributed by atoms with E-state index < -0.39 is 0 Å². The van der Waals surface area contributed by atoms with Gasteiger partial charge in [-0.05, 0) is 48.4 Å². The number of halogens is 2. The highest BCUT2D eigenvalue weighted by Crippen LogP contribution is 2.25. The number of ether oxygens (including phenoxy) is 1. The van der Waals surface area contributed by atoms with E-state index in [9.17, 15) is 4.79 Å². The molecule has 150 valence electrons. The van der Waals surface area contributed by atoms with E-state index in [0.717, 1.165) is 29.7 Å². The Hall–Kier alpha value is -2.83. The van der Waals surface area contributed by atoms with Gasteiger partial charge in [-0.2, -0.15) is 5.10 Å². The molecule has 0 saturated heterocycles. The number of anilines is 1. The van der Waals surface area contributed by atoms with Crippen LogP contribution in [0.5, 0.6) is 5.75 Å². The molecule has 0 unspecified atom stereocenters. The molecule has 1 heterocycles. The molecule has 0 amide bonds. The number of H-pyrrole nitrogens is 1. The van der Waals surface area contributed by atoms with Crippen LogP contribution in [0.25, 0.3) is 0 Å². The van der Waals surface area contributed by atoms with Crippen molar-refractivity contribution in [1.82, 2.24) is 9.97 Å². The van der Waals surface area contributed by atoms with Gasteiger partial charge in [0.1, 0.15) is 12.4 Å². The number of aromatic amines is 1. The number of hydrazone groups is 1. The number of aryl methyl sites for hydroxylation is 1. The van der Waals surface area contributed by atoms with Gasteiger partial charge in [0.25, 0.3) is 5.56 Å². The molecule has 0 radical (unpaired) electrons. The second-order valence-electron chi connectivity index (χ2n) is 6.26. The predicted octanol–water partition coefficient (Wildman–Crippen LogP) is 5.05. The van der Waals surface area contributed by atoms with Gasteiger partial charge in [-0.3, -0.25) is 9.78 Å². The topological polar surface area (TPSA) is 79.4 Å². The van der Waals surface area contributed by atoms with E-state index in [0.29, 0.717) is 21.7 Å². The van der Waals surface area contributed by atoms with Crippen LogP contribution >= 0.6 is 23.2 Å². The van der Waals surface area contributed by atoms with Crippen molar-refractivity contribution in [2.24, 2.45) is 5.10 Å². The summed E-state index contributed by atoms with van der Waals surface area (Å²) in [6, 6.07) is 14.2. The Kier molecular flexibility index (Phi) is 7.27. The van der Waals surface area contributed by atoms with E-state index in [1.54, 1.807) is 24.4 Å². The number of hydrogen-bond acceptors (Lipinski definition) is 5. The predicted molar refractivity (Wildman–Crippen MR) is 117 cm³/mol. The van der Waals surface area contributed by atoms with Crippen LogP contribution in [-0.4, -0.2) is 16.2 Å². The highest BCUT2D eigenvalue weighted by molar-refractivity contribution is 6.35. The SMILES string of the molecule is CCCc1cc(=O)[nH]c(N/N=C/c2ccc(OCc3c(Cl)cccc3Cl)cc2)n1. The molecular formula is C21H20Cl2N4O2. The van der Waals surface area contributed by atoms with Gasteiger partial charge in [0, 0.05) is 27.4 Å². The monoisotopic (exact) mass is 430 g/mol. The van der Waals surface area contributed by atoms with Gasteiger partial charge in [-0.1, -0.05) is 42.6 Å². The number of benzene rings is 2. The first kappa shape index (κ1) is 20.9. The molecule has 0 spiro atoms. The lowest BCUT2D eigenvalue weighted by Crippen LogP contribution is -2.11. The fourth-order valence-electron chi connectivity index (χ4n) is 2.59. The lowest BCUT2D eigenvalue weighted by atomic mass is 10.2. The van der Waals surface area contributed by atoms with Crippen LogP contribution in [0.3, 0.4) is 0 Å². The third-order valence-corrected chi connectivity index (χ3v) is 4.72. The minimum Gasteiger partial charge on any atom is -0.489 e. The van der Waals surface area contributed by atoms with Gasteiger partial charge < -0.3 is 4.74 Å². The highest BCUT2D eigenvalue weighted by atomic mass is 35.5. The van der Waals surface area contributed by atoms with Crippen molar-refractivity contribution in [2.75, 3.05) is 5.43 Å². The van der Waals surface area contributed by atoms with E-state index in [1.807, 2.05) is 31.2 Å². The Morgan fingerprint density at radius 3 is 2.59 bits per heavy atom. The van der Waals surface area contributed by atoms with Gasteiger partial charge in [-0.15, -0.1) is 0 Å². The number of nitrogens with one attached hydrogen (secondary N) is 2. The van der Waals surface area contributed by atoms with Crippen molar-refractivity contribution < 1.29 is 4.74 Å². The summed E-state index contributed by atoms with van der Waals surface area (Å²) in [5, 5.41) is 5.26. The second-order valence-corrected chi connectivity index (χ2v) is 7.08. The van der Waals surface area contributed by atoms with Gasteiger partial charge in [0.2, 0.25) is 5.95 Å². The molecule has 1 aromatic heterocycles. The molecule has 0 aliphatic heterocycles. The van der Waals surface area contributed by atoms with E-state index in [1.165, 1.54) is 6.07 Å². The van der Waals surface area contributed by atoms with Crippen LogP contribution < -0.4 is 15.7 Å². The maximum absolute atomic E-state index is 11.6. The van der Waals surface area contributed by atoms with Crippen molar-refractivity contribution in [3.63, 3.8) is 0 Å². The van der Waals surface area contributed by atoms with Gasteiger partial charge in [-0.25, -0.2) is 10.4 Å². The minimum absolute atomic E-state index is 0.207. The Morgan fingerprint density at radius 1 is 1.17 bits per heavy atom. The van der Waals surface area contributed by atoms with Gasteiger partial charge in [0.05, 0.1) is 6.21 Å². The summed E-state index contributed by atoms with van der Waals surface area (Å²) in [5.74, 6) is 0.998. The average Bonchev–Trinajstić information content (AvgIpc) is 2.69. The molecule has 3 aromatic rings. The molecule has 0 aliphatic rings. The van der Waals surface area contributed by atoms with Crippen molar-refractivity contribution in [3.05, 3.63) is 85.8 Å². The molecule has 0 bridgehead atoms. The summed E-state index contributed by atoms with van der Waals surface area (Å²) in [6.45, 7) is 2.31. The molecule has 29 heavy (non-hydrogen) atoms. The summed E-state index contributed by atoms with van der Waals surface area (Å²) in [7, 11) is 0. The fraction of sp³-hybridized carbons (Fsp3) is 0.190. The van der Waals surface area contributed by atoms with Crippen LogP contribution in [0.2, 0.25) is 10.0 Å². The molecular weight excluding hydrogens is 411 g/mol. The zero-order valence-corrected chi connectivity index (χ0v) is 17.3. The van der Waals surface area contributed by atoms with E-state index >= 15 is 0 Å². The van der Waals surface area contributed by atoms with Crippen molar-refractivity contribution in [3.8, 4) is 5.75 Å². The van der Waals surface area contributed by atoms with Crippen molar-refractivity contribution >= 4 is 35.4 Å². The van der Waals surface area contributed by atoms with Gasteiger partial charge in [0.15, 0.2) is 0 Å². The number of aromatic nitrogens is 2. The smallest absolute Gasteiger partial charge is 0.252 e. The molecule has 0 aliphatic carbocycles. The maximum Gasteiger partial charge on any atom is 0.252 e. The molecule has 0 atom stereocenters. The van der Waals surface area contributed by atoms with Crippen molar-refractivity contribution in [1.29, 1.82) is 0 Å². The lowest BCUT2D eigenvalue weighted by Gasteiger charge is -2.09. The number of rotatable bonds is 8. The largest absolute Gasteiger partial charge is 0.489 e. The summed E-state index contributed by atoms with van der Waals surface area (Å²) in [6.07, 6.45) is 3.28. The normalized spacial score (nSPS) is 11.0. The van der Waals surface area contributed by atoms with Crippen LogP contribution in [0.4, 0.5) is 5.95 Å². The molecule has 0 fully saturated rings. The van der Waals surface area contributed by atoms with Crippen LogP contribution in [0, 0.1) is 0 Å². The van der Waals surface area contributed by atoms with Crippen LogP contribution in [-0.2, 0) is 13.0 Å². The van der Waals surface area contributed by atoms with E-state index in [-0.39, 0.29) is 12.2 Å². The molecule has 3 rings (SSSR count). The summed E-state index contributed by atoms with van der Waals surface area (Å²) in [4.78, 5) is 18.6. The minimum atomic E-state index is -0.207. The quantitative estimate of drug-likeness (QED) is 0.386. The summed E-state index contributed by atoms with van der Waals surface area (Å²) < 4.78 is 5.75. The zero-order chi connectivity index (χ0) is 20.6. The fourth-order valence-corrected chi connectivity index (χ4v) is 3.10. The molecule has 0 saturated carbocycles. The first-order chi connectivity index (χ1) is 14.0. The highest BCUT2D eigenvalue weighted by Gasteiger charge is 2.06. The molecule has 2 N–H and O–H groups in total. The second kappa shape index (κ2) is 10.1. The summed E-state index contributed by atoms with van der Waals surface area (Å²) in [5.41, 5.74) is 4.87. The van der Waals surface area contributed by atoms with Crippen LogP contribution in [0.1, 0.15) is 30.2 Å². The lowest BCUT2D eigenvalue weighted by molar-refractivity contribution is 0.306. The number of hydrogen-bond donors (Lipinski definition) is 2. The third kappa shape index (κ3) is 6.07. The van der Waals surface area contributed by atoms with Gasteiger partial charge >= 0.3 is 0 Å². The Labute approximate surface area is 178 Å². The van der Waals surface area contributed by atoms with E-state index in [4.69, 9.17) is 27.9 Å². The first-order valence-electron chi connectivity index (χ1n) is 9.10. The Balaban J connectivity index is 1.58. The summed E-state index contributed by atoms with van der Waals surface area (Å²) >= 11 is 12.3. The van der Waals surface area contributed by atoms with Crippen LogP contribution in [0.15, 0.2) is 58.4 Å². The Bertz CT molecular complexity index is 1030. The number of nitrogens with zero attached hydrogens (tertiary/aromatic N) is 2. The molecule has 8 heteroatoms.